The summed E-state index contributed by atoms with van der Waals surface area (Å²) in [4.78, 5) is 8.97. The van der Waals surface area contributed by atoms with Crippen LogP contribution in [0.3, 0.4) is 0 Å². The van der Waals surface area contributed by atoms with Crippen molar-refractivity contribution in [3.05, 3.63) is 36.7 Å². The standard InChI is InChI=1S/C24H36N2O4/c1-4-5-8-15-23(28-3)30-22-14-10-9-13-21(22)24-25-18-20(19-26-24)29-17-12-7-6-11-16-27-2/h9-10,13-14,18-19,23H,4-8,11-12,15-17H2,1-3H3. The molecule has 1 aromatic heterocycles. The predicted octanol–water partition coefficient (Wildman–Crippen LogP) is 5.66. The SMILES string of the molecule is CCCCCC(OC)Oc1ccccc1-c1ncc(OCCCCCCOC)cn1. The van der Waals surface area contributed by atoms with E-state index in [1.165, 1.54) is 12.8 Å². The lowest BCUT2D eigenvalue weighted by atomic mass is 10.1. The second kappa shape index (κ2) is 14.7. The van der Waals surface area contributed by atoms with Crippen LogP contribution in [-0.4, -0.2) is 43.7 Å². The first kappa shape index (κ1) is 24.1. The van der Waals surface area contributed by atoms with E-state index in [0.717, 1.165) is 56.4 Å². The van der Waals surface area contributed by atoms with E-state index in [4.69, 9.17) is 18.9 Å². The van der Waals surface area contributed by atoms with Gasteiger partial charge in [0.1, 0.15) is 5.75 Å². The summed E-state index contributed by atoms with van der Waals surface area (Å²) in [5.74, 6) is 2.02. The summed E-state index contributed by atoms with van der Waals surface area (Å²) in [7, 11) is 3.42. The van der Waals surface area contributed by atoms with E-state index in [9.17, 15) is 0 Å². The first-order valence-corrected chi connectivity index (χ1v) is 11.0. The minimum atomic E-state index is -0.274. The summed E-state index contributed by atoms with van der Waals surface area (Å²) in [6, 6.07) is 7.79. The smallest absolute Gasteiger partial charge is 0.199 e. The van der Waals surface area contributed by atoms with E-state index in [1.54, 1.807) is 26.6 Å². The van der Waals surface area contributed by atoms with Crippen molar-refractivity contribution in [1.82, 2.24) is 9.97 Å². The molecule has 0 N–H and O–H groups in total. The zero-order chi connectivity index (χ0) is 21.4. The molecule has 0 aliphatic heterocycles. The molecule has 0 fully saturated rings. The largest absolute Gasteiger partial charge is 0.490 e. The topological polar surface area (TPSA) is 62.7 Å². The normalized spacial score (nSPS) is 12.0. The Balaban J connectivity index is 1.90. The quantitative estimate of drug-likeness (QED) is 0.260. The van der Waals surface area contributed by atoms with Crippen LogP contribution < -0.4 is 9.47 Å². The second-order valence-electron chi connectivity index (χ2n) is 7.27. The van der Waals surface area contributed by atoms with Gasteiger partial charge in [-0.25, -0.2) is 9.97 Å². The third kappa shape index (κ3) is 8.67. The Morgan fingerprint density at radius 2 is 1.60 bits per heavy atom. The van der Waals surface area contributed by atoms with Gasteiger partial charge in [-0.2, -0.15) is 0 Å². The van der Waals surface area contributed by atoms with Gasteiger partial charge in [0.2, 0.25) is 0 Å². The Labute approximate surface area is 180 Å². The average Bonchev–Trinajstić information content (AvgIpc) is 2.79. The molecule has 0 saturated heterocycles. The molecular weight excluding hydrogens is 380 g/mol. The van der Waals surface area contributed by atoms with Crippen molar-refractivity contribution >= 4 is 0 Å². The lowest BCUT2D eigenvalue weighted by Gasteiger charge is -2.19. The van der Waals surface area contributed by atoms with Crippen LogP contribution >= 0.6 is 0 Å². The molecule has 0 radical (unpaired) electrons. The van der Waals surface area contributed by atoms with Crippen LogP contribution in [0.1, 0.15) is 58.3 Å². The zero-order valence-electron chi connectivity index (χ0n) is 18.6. The van der Waals surface area contributed by atoms with Crippen molar-refractivity contribution in [2.24, 2.45) is 0 Å². The molecule has 6 heteroatoms. The number of nitrogens with zero attached hydrogens (tertiary/aromatic N) is 2. The fourth-order valence-electron chi connectivity index (χ4n) is 3.10. The summed E-state index contributed by atoms with van der Waals surface area (Å²) in [6.07, 6.45) is 11.8. The molecule has 2 aromatic rings. The Hall–Kier alpha value is -2.18. The molecule has 0 aliphatic carbocycles. The van der Waals surface area contributed by atoms with E-state index in [0.29, 0.717) is 18.2 Å². The molecule has 2 rings (SSSR count). The Kier molecular flexibility index (Phi) is 11.8. The number of para-hydroxylation sites is 1. The Morgan fingerprint density at radius 3 is 2.30 bits per heavy atom. The van der Waals surface area contributed by atoms with Crippen molar-refractivity contribution in [1.29, 1.82) is 0 Å². The average molecular weight is 417 g/mol. The van der Waals surface area contributed by atoms with E-state index < -0.39 is 0 Å². The highest BCUT2D eigenvalue weighted by atomic mass is 16.7. The van der Waals surface area contributed by atoms with Gasteiger partial charge in [0.15, 0.2) is 17.9 Å². The van der Waals surface area contributed by atoms with Gasteiger partial charge in [0.25, 0.3) is 0 Å². The summed E-state index contributed by atoms with van der Waals surface area (Å²) in [5, 5.41) is 0. The molecule has 0 saturated carbocycles. The zero-order valence-corrected chi connectivity index (χ0v) is 18.6. The molecule has 30 heavy (non-hydrogen) atoms. The van der Waals surface area contributed by atoms with Crippen LogP contribution in [-0.2, 0) is 9.47 Å². The number of benzene rings is 1. The van der Waals surface area contributed by atoms with E-state index in [2.05, 4.69) is 16.9 Å². The number of ether oxygens (including phenoxy) is 4. The van der Waals surface area contributed by atoms with Gasteiger partial charge in [-0.05, 0) is 37.8 Å². The van der Waals surface area contributed by atoms with Crippen molar-refractivity contribution in [2.75, 3.05) is 27.4 Å². The van der Waals surface area contributed by atoms with Gasteiger partial charge in [0, 0.05) is 27.2 Å². The highest BCUT2D eigenvalue weighted by molar-refractivity contribution is 5.63. The number of rotatable bonds is 16. The molecule has 6 nitrogen and oxygen atoms in total. The lowest BCUT2D eigenvalue weighted by molar-refractivity contribution is -0.0590. The van der Waals surface area contributed by atoms with Crippen molar-refractivity contribution < 1.29 is 18.9 Å². The monoisotopic (exact) mass is 416 g/mol. The molecule has 1 aromatic carbocycles. The van der Waals surface area contributed by atoms with Crippen LogP contribution in [0.25, 0.3) is 11.4 Å². The number of hydrogen-bond acceptors (Lipinski definition) is 6. The van der Waals surface area contributed by atoms with Crippen molar-refractivity contribution in [2.45, 2.75) is 64.6 Å². The van der Waals surface area contributed by atoms with E-state index >= 15 is 0 Å². The third-order valence-electron chi connectivity index (χ3n) is 4.83. The molecule has 0 bridgehead atoms. The number of unbranched alkanes of at least 4 members (excludes halogenated alkanes) is 5. The third-order valence-corrected chi connectivity index (χ3v) is 4.83. The van der Waals surface area contributed by atoms with Gasteiger partial charge in [-0.15, -0.1) is 0 Å². The maximum absolute atomic E-state index is 6.10. The van der Waals surface area contributed by atoms with Crippen LogP contribution in [0.15, 0.2) is 36.7 Å². The molecule has 1 atom stereocenters. The summed E-state index contributed by atoms with van der Waals surface area (Å²) in [6.45, 7) is 3.68. The van der Waals surface area contributed by atoms with Crippen LogP contribution in [0, 0.1) is 0 Å². The number of hydrogen-bond donors (Lipinski definition) is 0. The van der Waals surface area contributed by atoms with Gasteiger partial charge in [-0.1, -0.05) is 38.3 Å². The van der Waals surface area contributed by atoms with E-state index in [-0.39, 0.29) is 6.29 Å². The minimum absolute atomic E-state index is 0.274. The van der Waals surface area contributed by atoms with Crippen LogP contribution in [0.4, 0.5) is 0 Å². The van der Waals surface area contributed by atoms with Crippen molar-refractivity contribution in [3.8, 4) is 22.9 Å². The molecule has 0 amide bonds. The highest BCUT2D eigenvalue weighted by Crippen LogP contribution is 2.29. The fraction of sp³-hybridized carbons (Fsp3) is 0.583. The molecule has 0 aliphatic rings. The molecule has 166 valence electrons. The van der Waals surface area contributed by atoms with Crippen LogP contribution in [0.5, 0.6) is 11.5 Å². The van der Waals surface area contributed by atoms with Gasteiger partial charge in [-0.3, -0.25) is 0 Å². The minimum Gasteiger partial charge on any atom is -0.490 e. The maximum atomic E-state index is 6.10. The summed E-state index contributed by atoms with van der Waals surface area (Å²) >= 11 is 0. The number of methoxy groups -OCH3 is 2. The van der Waals surface area contributed by atoms with Gasteiger partial charge in [0.05, 0.1) is 24.6 Å². The second-order valence-corrected chi connectivity index (χ2v) is 7.27. The summed E-state index contributed by atoms with van der Waals surface area (Å²) in [5.41, 5.74) is 0.847. The Bertz CT molecular complexity index is 694. The Morgan fingerprint density at radius 1 is 0.867 bits per heavy atom. The van der Waals surface area contributed by atoms with Gasteiger partial charge < -0.3 is 18.9 Å². The molecule has 0 spiro atoms. The lowest BCUT2D eigenvalue weighted by Crippen LogP contribution is -2.19. The maximum Gasteiger partial charge on any atom is 0.199 e. The van der Waals surface area contributed by atoms with Crippen molar-refractivity contribution in [3.63, 3.8) is 0 Å². The molecule has 1 heterocycles. The molecular formula is C24H36N2O4. The van der Waals surface area contributed by atoms with E-state index in [1.807, 2.05) is 24.3 Å². The number of aromatic nitrogens is 2. The summed E-state index contributed by atoms with van der Waals surface area (Å²) < 4.78 is 22.4. The first-order chi connectivity index (χ1) is 14.8. The predicted molar refractivity (Wildman–Crippen MR) is 119 cm³/mol. The first-order valence-electron chi connectivity index (χ1n) is 11.0. The molecule has 1 unspecified atom stereocenters. The van der Waals surface area contributed by atoms with Crippen LogP contribution in [0.2, 0.25) is 0 Å². The fourth-order valence-corrected chi connectivity index (χ4v) is 3.10. The highest BCUT2D eigenvalue weighted by Gasteiger charge is 2.14. The van der Waals surface area contributed by atoms with Gasteiger partial charge >= 0.3 is 0 Å².